The molecule has 0 bridgehead atoms. The van der Waals surface area contributed by atoms with Gasteiger partial charge in [-0.05, 0) is 50.3 Å². The summed E-state index contributed by atoms with van der Waals surface area (Å²) in [6.07, 6.45) is 3.56. The van der Waals surface area contributed by atoms with Crippen molar-refractivity contribution in [3.63, 3.8) is 0 Å². The molecule has 0 atom stereocenters. The van der Waals surface area contributed by atoms with Crippen LogP contribution in [0.3, 0.4) is 0 Å². The van der Waals surface area contributed by atoms with Crippen molar-refractivity contribution in [2.75, 3.05) is 20.2 Å². The lowest BCUT2D eigenvalue weighted by Gasteiger charge is -2.21. The zero-order chi connectivity index (χ0) is 18.8. The number of ether oxygens (including phenoxy) is 1. The minimum atomic E-state index is -0.522. The van der Waals surface area contributed by atoms with Gasteiger partial charge in [0.15, 0.2) is 11.5 Å². The standard InChI is InChI=1S/C19H22N2O5/c1-11-16(12(2)20-17(11)19(24)25-3)14(22)10-21(9-13-6-7-13)18(23)15-5-4-8-26-15/h4-5,8,13,20H,6-7,9-10H2,1-3H3. The monoisotopic (exact) mass is 358 g/mol. The van der Waals surface area contributed by atoms with E-state index in [1.807, 2.05) is 0 Å². The van der Waals surface area contributed by atoms with Crippen molar-refractivity contribution in [3.8, 4) is 0 Å². The number of aryl methyl sites for hydroxylation is 1. The number of esters is 1. The van der Waals surface area contributed by atoms with Crippen LogP contribution in [0, 0.1) is 19.8 Å². The molecule has 1 aliphatic rings. The number of hydrogen-bond acceptors (Lipinski definition) is 5. The molecule has 1 aliphatic carbocycles. The molecule has 7 heteroatoms. The number of hydrogen-bond donors (Lipinski definition) is 1. The van der Waals surface area contributed by atoms with Crippen molar-refractivity contribution in [1.29, 1.82) is 0 Å². The van der Waals surface area contributed by atoms with Gasteiger partial charge < -0.3 is 19.0 Å². The van der Waals surface area contributed by atoms with Crippen LogP contribution in [0.1, 0.15) is 55.5 Å². The number of H-pyrrole nitrogens is 1. The van der Waals surface area contributed by atoms with E-state index in [9.17, 15) is 14.4 Å². The highest BCUT2D eigenvalue weighted by Crippen LogP contribution is 2.30. The number of ketones is 1. The number of furan rings is 1. The second-order valence-electron chi connectivity index (χ2n) is 6.65. The smallest absolute Gasteiger partial charge is 0.354 e. The summed E-state index contributed by atoms with van der Waals surface area (Å²) in [6, 6.07) is 3.24. The Labute approximate surface area is 151 Å². The third-order valence-electron chi connectivity index (χ3n) is 4.64. The average molecular weight is 358 g/mol. The Balaban J connectivity index is 1.83. The maximum atomic E-state index is 12.9. The second-order valence-corrected chi connectivity index (χ2v) is 6.65. The first-order valence-electron chi connectivity index (χ1n) is 8.55. The number of nitrogens with zero attached hydrogens (tertiary/aromatic N) is 1. The summed E-state index contributed by atoms with van der Waals surface area (Å²) in [4.78, 5) is 41.8. The van der Waals surface area contributed by atoms with Gasteiger partial charge >= 0.3 is 5.97 Å². The van der Waals surface area contributed by atoms with Gasteiger partial charge in [0.25, 0.3) is 5.91 Å². The van der Waals surface area contributed by atoms with Crippen LogP contribution in [-0.4, -0.2) is 47.7 Å². The van der Waals surface area contributed by atoms with Gasteiger partial charge in [0.05, 0.1) is 19.9 Å². The normalized spacial score (nSPS) is 13.5. The van der Waals surface area contributed by atoms with E-state index < -0.39 is 5.97 Å². The Hall–Kier alpha value is -2.83. The average Bonchev–Trinajstić information content (AvgIpc) is 3.16. The molecule has 7 nitrogen and oxygen atoms in total. The maximum Gasteiger partial charge on any atom is 0.354 e. The number of carbonyl (C=O) groups is 3. The minimum Gasteiger partial charge on any atom is -0.464 e. The Morgan fingerprint density at radius 3 is 2.62 bits per heavy atom. The molecule has 0 aromatic carbocycles. The zero-order valence-electron chi connectivity index (χ0n) is 15.1. The van der Waals surface area contributed by atoms with E-state index in [2.05, 4.69) is 4.98 Å². The van der Waals surface area contributed by atoms with Gasteiger partial charge in [0.1, 0.15) is 5.69 Å². The lowest BCUT2D eigenvalue weighted by Crippen LogP contribution is -2.37. The largest absolute Gasteiger partial charge is 0.464 e. The van der Waals surface area contributed by atoms with Gasteiger partial charge in [-0.15, -0.1) is 0 Å². The van der Waals surface area contributed by atoms with Crippen molar-refractivity contribution < 1.29 is 23.5 Å². The van der Waals surface area contributed by atoms with Crippen LogP contribution in [-0.2, 0) is 4.74 Å². The van der Waals surface area contributed by atoms with E-state index in [0.29, 0.717) is 29.3 Å². The summed E-state index contributed by atoms with van der Waals surface area (Å²) in [5, 5.41) is 0. The lowest BCUT2D eigenvalue weighted by atomic mass is 10.0. The molecule has 26 heavy (non-hydrogen) atoms. The molecule has 0 aliphatic heterocycles. The molecule has 2 heterocycles. The summed E-state index contributed by atoms with van der Waals surface area (Å²) >= 11 is 0. The summed E-state index contributed by atoms with van der Waals surface area (Å²) < 4.78 is 9.93. The van der Waals surface area contributed by atoms with E-state index in [4.69, 9.17) is 9.15 Å². The van der Waals surface area contributed by atoms with Crippen LogP contribution in [0.25, 0.3) is 0 Å². The second kappa shape index (κ2) is 7.19. The van der Waals surface area contributed by atoms with Gasteiger partial charge in [-0.25, -0.2) is 4.79 Å². The van der Waals surface area contributed by atoms with Crippen molar-refractivity contribution in [1.82, 2.24) is 9.88 Å². The predicted octanol–water partition coefficient (Wildman–Crippen LogP) is 2.75. The molecule has 2 aromatic rings. The summed E-state index contributed by atoms with van der Waals surface area (Å²) in [6.45, 7) is 3.89. The lowest BCUT2D eigenvalue weighted by molar-refractivity contribution is 0.0593. The molecule has 0 unspecified atom stereocenters. The van der Waals surface area contributed by atoms with Crippen LogP contribution >= 0.6 is 0 Å². The topological polar surface area (TPSA) is 92.6 Å². The van der Waals surface area contributed by atoms with Gasteiger partial charge in [-0.2, -0.15) is 0 Å². The van der Waals surface area contributed by atoms with E-state index in [0.717, 1.165) is 12.8 Å². The van der Waals surface area contributed by atoms with E-state index >= 15 is 0 Å². The number of aromatic nitrogens is 1. The third kappa shape index (κ3) is 3.56. The molecule has 3 rings (SSSR count). The molecular weight excluding hydrogens is 336 g/mol. The number of nitrogens with one attached hydrogen (secondary N) is 1. The van der Waals surface area contributed by atoms with Crippen LogP contribution < -0.4 is 0 Å². The first-order valence-corrected chi connectivity index (χ1v) is 8.55. The summed E-state index contributed by atoms with van der Waals surface area (Å²) in [7, 11) is 1.29. The Morgan fingerprint density at radius 1 is 1.31 bits per heavy atom. The highest BCUT2D eigenvalue weighted by molar-refractivity contribution is 6.05. The SMILES string of the molecule is COC(=O)c1[nH]c(C)c(C(=O)CN(CC2CC2)C(=O)c2ccco2)c1C. The van der Waals surface area contributed by atoms with Crippen LogP contribution in [0.15, 0.2) is 22.8 Å². The number of Topliss-reactive ketones (excluding diaryl/α,β-unsaturated/α-hetero) is 1. The summed E-state index contributed by atoms with van der Waals surface area (Å²) in [5.74, 6) is -0.385. The molecule has 1 amide bonds. The molecule has 138 valence electrons. The summed E-state index contributed by atoms with van der Waals surface area (Å²) in [5.41, 5.74) is 1.82. The fourth-order valence-corrected chi connectivity index (χ4v) is 3.11. The van der Waals surface area contributed by atoms with Gasteiger partial charge in [-0.1, -0.05) is 0 Å². The Kier molecular flexibility index (Phi) is 4.97. The molecular formula is C19H22N2O5. The van der Waals surface area contributed by atoms with Gasteiger partial charge in [-0.3, -0.25) is 9.59 Å². The van der Waals surface area contributed by atoms with Crippen LogP contribution in [0.5, 0.6) is 0 Å². The van der Waals surface area contributed by atoms with Crippen molar-refractivity contribution >= 4 is 17.7 Å². The van der Waals surface area contributed by atoms with Gasteiger partial charge in [0.2, 0.25) is 0 Å². The molecule has 0 spiro atoms. The molecule has 1 N–H and O–H groups in total. The first kappa shape index (κ1) is 18.0. The van der Waals surface area contributed by atoms with Crippen molar-refractivity contribution in [2.45, 2.75) is 26.7 Å². The van der Waals surface area contributed by atoms with E-state index in [-0.39, 0.29) is 29.7 Å². The molecule has 1 fully saturated rings. The zero-order valence-corrected chi connectivity index (χ0v) is 15.1. The molecule has 0 radical (unpaired) electrons. The fourth-order valence-electron chi connectivity index (χ4n) is 3.11. The van der Waals surface area contributed by atoms with Crippen LogP contribution in [0.4, 0.5) is 0 Å². The number of carbonyl (C=O) groups excluding carboxylic acids is 3. The maximum absolute atomic E-state index is 12.9. The van der Waals surface area contributed by atoms with Crippen LogP contribution in [0.2, 0.25) is 0 Å². The third-order valence-corrected chi connectivity index (χ3v) is 4.64. The minimum absolute atomic E-state index is 0.0593. The van der Waals surface area contributed by atoms with E-state index in [1.165, 1.54) is 18.3 Å². The van der Waals surface area contributed by atoms with E-state index in [1.54, 1.807) is 26.0 Å². The number of rotatable bonds is 7. The Morgan fingerprint density at radius 2 is 2.04 bits per heavy atom. The highest BCUT2D eigenvalue weighted by Gasteiger charge is 2.31. The quantitative estimate of drug-likeness (QED) is 0.607. The number of aromatic amines is 1. The molecule has 1 saturated carbocycles. The van der Waals surface area contributed by atoms with Crippen molar-refractivity contribution in [3.05, 3.63) is 46.7 Å². The predicted molar refractivity (Wildman–Crippen MR) is 93.3 cm³/mol. The number of methoxy groups -OCH3 is 1. The molecule has 0 saturated heterocycles. The number of amides is 1. The fraction of sp³-hybridized carbons (Fsp3) is 0.421. The highest BCUT2D eigenvalue weighted by atomic mass is 16.5. The van der Waals surface area contributed by atoms with Gasteiger partial charge in [0, 0.05) is 17.8 Å². The Bertz CT molecular complexity index is 830. The van der Waals surface area contributed by atoms with Crippen molar-refractivity contribution in [2.24, 2.45) is 5.92 Å². The first-order chi connectivity index (χ1) is 12.4. The molecule has 2 aromatic heterocycles.